The number of halogens is 3. The molecule has 1 aromatic rings. The Morgan fingerprint density at radius 3 is 2.69 bits per heavy atom. The van der Waals surface area contributed by atoms with Gasteiger partial charge in [0.2, 0.25) is 5.82 Å². The number of hydrogen-bond donors (Lipinski definition) is 0. The third-order valence-electron chi connectivity index (χ3n) is 1.42. The standard InChI is InChI=1S/C7H4BrClFNO2/c8-5-1-4(3-9)2-6(7(5)10)11(12)13/h1-2H,3H2. The largest absolute Gasteiger partial charge is 0.306 e. The average molecular weight is 268 g/mol. The highest BCUT2D eigenvalue weighted by Gasteiger charge is 2.17. The van der Waals surface area contributed by atoms with Crippen molar-refractivity contribution in [2.75, 3.05) is 0 Å². The first kappa shape index (κ1) is 10.4. The minimum Gasteiger partial charge on any atom is -0.258 e. The molecule has 0 aliphatic carbocycles. The van der Waals surface area contributed by atoms with Gasteiger partial charge in [0.05, 0.1) is 9.40 Å². The summed E-state index contributed by atoms with van der Waals surface area (Å²) in [4.78, 5) is 9.56. The average Bonchev–Trinajstić information content (AvgIpc) is 2.09. The fourth-order valence-electron chi connectivity index (χ4n) is 0.839. The van der Waals surface area contributed by atoms with Crippen LogP contribution in [0.15, 0.2) is 16.6 Å². The van der Waals surface area contributed by atoms with E-state index >= 15 is 0 Å². The van der Waals surface area contributed by atoms with Gasteiger partial charge >= 0.3 is 5.69 Å². The molecule has 0 saturated carbocycles. The Bertz CT molecular complexity index is 359. The van der Waals surface area contributed by atoms with Crippen LogP contribution in [0.4, 0.5) is 10.1 Å². The lowest BCUT2D eigenvalue weighted by Crippen LogP contribution is -1.95. The van der Waals surface area contributed by atoms with Crippen molar-refractivity contribution in [3.63, 3.8) is 0 Å². The van der Waals surface area contributed by atoms with Gasteiger partial charge in [-0.05, 0) is 27.6 Å². The summed E-state index contributed by atoms with van der Waals surface area (Å²) in [6.07, 6.45) is 0. The lowest BCUT2D eigenvalue weighted by Gasteiger charge is -1.99. The highest BCUT2D eigenvalue weighted by Crippen LogP contribution is 2.27. The molecule has 70 valence electrons. The Labute approximate surface area is 86.8 Å². The molecule has 6 heteroatoms. The molecule has 0 heterocycles. The van der Waals surface area contributed by atoms with Crippen molar-refractivity contribution >= 4 is 33.2 Å². The number of hydrogen-bond acceptors (Lipinski definition) is 2. The van der Waals surface area contributed by atoms with E-state index in [0.29, 0.717) is 5.56 Å². The molecule has 0 fully saturated rings. The smallest absolute Gasteiger partial charge is 0.258 e. The molecule has 0 unspecified atom stereocenters. The molecule has 1 aromatic carbocycles. The van der Waals surface area contributed by atoms with Crippen molar-refractivity contribution in [3.05, 3.63) is 38.1 Å². The van der Waals surface area contributed by atoms with E-state index < -0.39 is 16.4 Å². The molecule has 0 amide bonds. The number of rotatable bonds is 2. The van der Waals surface area contributed by atoms with E-state index in [4.69, 9.17) is 11.6 Å². The Morgan fingerprint density at radius 2 is 2.23 bits per heavy atom. The molecule has 0 N–H and O–H groups in total. The monoisotopic (exact) mass is 267 g/mol. The van der Waals surface area contributed by atoms with Crippen LogP contribution >= 0.6 is 27.5 Å². The Kier molecular flexibility index (Phi) is 3.22. The first-order chi connectivity index (χ1) is 6.06. The van der Waals surface area contributed by atoms with Crippen LogP contribution in [0, 0.1) is 15.9 Å². The summed E-state index contributed by atoms with van der Waals surface area (Å²) in [5.41, 5.74) is -0.0633. The molecule has 0 atom stereocenters. The predicted octanol–water partition coefficient (Wildman–Crippen LogP) is 3.24. The zero-order valence-corrected chi connectivity index (χ0v) is 8.60. The first-order valence-corrected chi connectivity index (χ1v) is 4.57. The molecule has 0 saturated heterocycles. The van der Waals surface area contributed by atoms with E-state index in [9.17, 15) is 14.5 Å². The van der Waals surface area contributed by atoms with Gasteiger partial charge in [-0.3, -0.25) is 10.1 Å². The van der Waals surface area contributed by atoms with Gasteiger partial charge in [-0.25, -0.2) is 0 Å². The normalized spacial score (nSPS) is 10.1. The van der Waals surface area contributed by atoms with Gasteiger partial charge in [0.25, 0.3) is 0 Å². The Morgan fingerprint density at radius 1 is 1.62 bits per heavy atom. The van der Waals surface area contributed by atoms with Crippen LogP contribution in [-0.2, 0) is 5.88 Å². The maximum Gasteiger partial charge on any atom is 0.306 e. The Hall–Kier alpha value is -0.680. The van der Waals surface area contributed by atoms with Gasteiger partial charge in [0.1, 0.15) is 0 Å². The summed E-state index contributed by atoms with van der Waals surface area (Å²) in [7, 11) is 0. The molecule has 0 radical (unpaired) electrons. The second-order valence-corrected chi connectivity index (χ2v) is 3.42. The lowest BCUT2D eigenvalue weighted by atomic mass is 10.2. The molecule has 0 spiro atoms. The molecular weight excluding hydrogens is 264 g/mol. The van der Waals surface area contributed by atoms with Gasteiger partial charge in [0.15, 0.2) is 0 Å². The molecule has 0 aromatic heterocycles. The van der Waals surface area contributed by atoms with Gasteiger partial charge < -0.3 is 0 Å². The topological polar surface area (TPSA) is 43.1 Å². The van der Waals surface area contributed by atoms with Crippen LogP contribution in [-0.4, -0.2) is 4.92 Å². The lowest BCUT2D eigenvalue weighted by molar-refractivity contribution is -0.387. The molecule has 0 bridgehead atoms. The van der Waals surface area contributed by atoms with E-state index in [0.717, 1.165) is 6.07 Å². The number of alkyl halides is 1. The van der Waals surface area contributed by atoms with Crippen LogP contribution in [0.2, 0.25) is 0 Å². The van der Waals surface area contributed by atoms with Crippen LogP contribution in [0.1, 0.15) is 5.56 Å². The molecule has 0 aliphatic rings. The maximum atomic E-state index is 13.0. The first-order valence-electron chi connectivity index (χ1n) is 3.24. The molecule has 1 rings (SSSR count). The van der Waals surface area contributed by atoms with E-state index in [1.165, 1.54) is 6.07 Å². The van der Waals surface area contributed by atoms with Crippen molar-refractivity contribution in [1.82, 2.24) is 0 Å². The molecule has 3 nitrogen and oxygen atoms in total. The molecular formula is C7H4BrClFNO2. The summed E-state index contributed by atoms with van der Waals surface area (Å²) in [6.45, 7) is 0. The number of nitrogens with zero attached hydrogens (tertiary/aromatic N) is 1. The third kappa shape index (κ3) is 2.16. The fraction of sp³-hybridized carbons (Fsp3) is 0.143. The van der Waals surface area contributed by atoms with Gasteiger partial charge in [-0.15, -0.1) is 11.6 Å². The summed E-state index contributed by atoms with van der Waals surface area (Å²) in [6, 6.07) is 2.53. The van der Waals surface area contributed by atoms with E-state index in [1.54, 1.807) is 0 Å². The highest BCUT2D eigenvalue weighted by molar-refractivity contribution is 9.10. The van der Waals surface area contributed by atoms with Crippen molar-refractivity contribution in [2.45, 2.75) is 5.88 Å². The number of benzene rings is 1. The van der Waals surface area contributed by atoms with Gasteiger partial charge in [-0.1, -0.05) is 0 Å². The van der Waals surface area contributed by atoms with Crippen LogP contribution < -0.4 is 0 Å². The zero-order chi connectivity index (χ0) is 10.0. The van der Waals surface area contributed by atoms with E-state index in [-0.39, 0.29) is 10.4 Å². The van der Waals surface area contributed by atoms with Crippen molar-refractivity contribution in [2.24, 2.45) is 0 Å². The summed E-state index contributed by atoms with van der Waals surface area (Å²) in [5, 5.41) is 10.3. The maximum absolute atomic E-state index is 13.0. The molecule has 13 heavy (non-hydrogen) atoms. The summed E-state index contributed by atoms with van der Waals surface area (Å²) >= 11 is 8.33. The number of nitro benzene ring substituents is 1. The van der Waals surface area contributed by atoms with Gasteiger partial charge in [-0.2, -0.15) is 4.39 Å². The van der Waals surface area contributed by atoms with Crippen LogP contribution in [0.5, 0.6) is 0 Å². The predicted molar refractivity (Wildman–Crippen MR) is 50.3 cm³/mol. The number of nitro groups is 1. The van der Waals surface area contributed by atoms with Crippen LogP contribution in [0.3, 0.4) is 0 Å². The second-order valence-electron chi connectivity index (χ2n) is 2.30. The second kappa shape index (κ2) is 4.02. The van der Waals surface area contributed by atoms with E-state index in [1.807, 2.05) is 0 Å². The molecule has 0 aliphatic heterocycles. The summed E-state index contributed by atoms with van der Waals surface area (Å²) < 4.78 is 13.1. The van der Waals surface area contributed by atoms with Crippen molar-refractivity contribution in [1.29, 1.82) is 0 Å². The van der Waals surface area contributed by atoms with Gasteiger partial charge in [0, 0.05) is 11.9 Å². The summed E-state index contributed by atoms with van der Waals surface area (Å²) in [5.74, 6) is -0.765. The van der Waals surface area contributed by atoms with Crippen molar-refractivity contribution in [3.8, 4) is 0 Å². The quantitative estimate of drug-likeness (QED) is 0.469. The fourth-order valence-corrected chi connectivity index (χ4v) is 1.49. The van der Waals surface area contributed by atoms with Crippen LogP contribution in [0.25, 0.3) is 0 Å². The SMILES string of the molecule is O=[N+]([O-])c1cc(CCl)cc(Br)c1F. The Balaban J connectivity index is 3.33. The third-order valence-corrected chi connectivity index (χ3v) is 2.31. The zero-order valence-electron chi connectivity index (χ0n) is 6.26. The van der Waals surface area contributed by atoms with Crippen molar-refractivity contribution < 1.29 is 9.31 Å². The minimum atomic E-state index is -0.876. The highest BCUT2D eigenvalue weighted by atomic mass is 79.9. The van der Waals surface area contributed by atoms with E-state index in [2.05, 4.69) is 15.9 Å². The minimum absolute atomic E-state index is 0.0531.